The molecule has 0 radical (unpaired) electrons. The van der Waals surface area contributed by atoms with Gasteiger partial charge < -0.3 is 10.2 Å². The molecular formula is C11H11FO3. The third-order valence-electron chi connectivity index (χ3n) is 2.94. The van der Waals surface area contributed by atoms with Gasteiger partial charge in [0, 0.05) is 5.56 Å². The molecule has 3 nitrogen and oxygen atoms in total. The van der Waals surface area contributed by atoms with Crippen molar-refractivity contribution in [1.82, 2.24) is 0 Å². The Morgan fingerprint density at radius 2 is 2.00 bits per heavy atom. The maximum absolute atomic E-state index is 13.3. The van der Waals surface area contributed by atoms with E-state index >= 15 is 0 Å². The molecule has 1 fully saturated rings. The van der Waals surface area contributed by atoms with Crippen LogP contribution in [0.15, 0.2) is 24.3 Å². The molecule has 1 unspecified atom stereocenters. The van der Waals surface area contributed by atoms with E-state index in [0.717, 1.165) is 0 Å². The highest BCUT2D eigenvalue weighted by atomic mass is 19.1. The first-order chi connectivity index (χ1) is 7.08. The van der Waals surface area contributed by atoms with Crippen LogP contribution in [0.2, 0.25) is 0 Å². The number of hydrogen-bond donors (Lipinski definition) is 2. The Bertz CT molecular complexity index is 399. The number of hydrogen-bond acceptors (Lipinski definition) is 2. The first kappa shape index (κ1) is 10.1. The highest BCUT2D eigenvalue weighted by Gasteiger charge is 2.56. The largest absolute Gasteiger partial charge is 0.481 e. The van der Waals surface area contributed by atoms with Crippen LogP contribution in [0.4, 0.5) is 4.39 Å². The molecule has 0 amide bonds. The van der Waals surface area contributed by atoms with Crippen molar-refractivity contribution in [3.63, 3.8) is 0 Å². The molecule has 4 heteroatoms. The van der Waals surface area contributed by atoms with Gasteiger partial charge in [-0.3, -0.25) is 4.79 Å². The molecule has 0 saturated heterocycles. The minimum Gasteiger partial charge on any atom is -0.481 e. The number of halogens is 1. The zero-order chi connectivity index (χ0) is 11.1. The minimum atomic E-state index is -1.25. The van der Waals surface area contributed by atoms with E-state index in [0.29, 0.717) is 12.8 Å². The number of carboxylic acids is 1. The number of rotatable bonds is 3. The Kier molecular flexibility index (Phi) is 2.23. The van der Waals surface area contributed by atoms with Gasteiger partial charge in [-0.05, 0) is 18.9 Å². The molecule has 0 aliphatic heterocycles. The summed E-state index contributed by atoms with van der Waals surface area (Å²) in [5, 5.41) is 18.8. The van der Waals surface area contributed by atoms with Crippen molar-refractivity contribution in [3.05, 3.63) is 35.6 Å². The standard InChI is InChI=1S/C11H11FO3/c12-8-4-2-1-3-7(8)9(13)11(5-6-11)10(14)15/h1-4,9,13H,5-6H2,(H,14,15). The fourth-order valence-electron chi connectivity index (χ4n) is 1.73. The summed E-state index contributed by atoms with van der Waals surface area (Å²) in [7, 11) is 0. The Morgan fingerprint density at radius 1 is 1.40 bits per heavy atom. The normalized spacial score (nSPS) is 19.6. The van der Waals surface area contributed by atoms with Crippen molar-refractivity contribution >= 4 is 5.97 Å². The van der Waals surface area contributed by atoms with Crippen LogP contribution in [0.1, 0.15) is 24.5 Å². The molecule has 15 heavy (non-hydrogen) atoms. The van der Waals surface area contributed by atoms with E-state index in [9.17, 15) is 14.3 Å². The van der Waals surface area contributed by atoms with E-state index in [1.807, 2.05) is 0 Å². The molecule has 2 N–H and O–H groups in total. The molecule has 2 rings (SSSR count). The molecule has 0 aromatic heterocycles. The predicted octanol–water partition coefficient (Wildman–Crippen LogP) is 1.72. The van der Waals surface area contributed by atoms with E-state index in [1.165, 1.54) is 18.2 Å². The monoisotopic (exact) mass is 210 g/mol. The molecule has 1 aliphatic rings. The van der Waals surface area contributed by atoms with Gasteiger partial charge in [0.05, 0.1) is 11.5 Å². The van der Waals surface area contributed by atoms with Crippen molar-refractivity contribution < 1.29 is 19.4 Å². The summed E-state index contributed by atoms with van der Waals surface area (Å²) < 4.78 is 13.3. The van der Waals surface area contributed by atoms with Crippen LogP contribution < -0.4 is 0 Å². The van der Waals surface area contributed by atoms with Gasteiger partial charge in [0.1, 0.15) is 5.82 Å². The van der Waals surface area contributed by atoms with Crippen molar-refractivity contribution in [2.24, 2.45) is 5.41 Å². The number of aliphatic hydroxyl groups excluding tert-OH is 1. The van der Waals surface area contributed by atoms with Crippen LogP contribution in [-0.2, 0) is 4.79 Å². The predicted molar refractivity (Wildman–Crippen MR) is 50.7 cm³/mol. The van der Waals surface area contributed by atoms with Crippen LogP contribution in [0.5, 0.6) is 0 Å². The van der Waals surface area contributed by atoms with Gasteiger partial charge in [0.25, 0.3) is 0 Å². The van der Waals surface area contributed by atoms with E-state index in [-0.39, 0.29) is 5.56 Å². The van der Waals surface area contributed by atoms with Crippen LogP contribution in [-0.4, -0.2) is 16.2 Å². The summed E-state index contributed by atoms with van der Waals surface area (Å²) in [6, 6.07) is 5.73. The topological polar surface area (TPSA) is 57.5 Å². The molecule has 0 heterocycles. The maximum Gasteiger partial charge on any atom is 0.312 e. The molecule has 0 bridgehead atoms. The van der Waals surface area contributed by atoms with Crippen molar-refractivity contribution in [3.8, 4) is 0 Å². The summed E-state index contributed by atoms with van der Waals surface area (Å²) in [4.78, 5) is 10.9. The van der Waals surface area contributed by atoms with E-state index in [2.05, 4.69) is 0 Å². The average Bonchev–Trinajstić information content (AvgIpc) is 2.98. The average molecular weight is 210 g/mol. The zero-order valence-corrected chi connectivity index (χ0v) is 7.98. The molecular weight excluding hydrogens is 199 g/mol. The quantitative estimate of drug-likeness (QED) is 0.798. The second-order valence-electron chi connectivity index (χ2n) is 3.89. The first-order valence-corrected chi connectivity index (χ1v) is 4.74. The highest BCUT2D eigenvalue weighted by Crippen LogP contribution is 2.55. The lowest BCUT2D eigenvalue weighted by molar-refractivity contribution is -0.148. The van der Waals surface area contributed by atoms with Gasteiger partial charge in [-0.15, -0.1) is 0 Å². The van der Waals surface area contributed by atoms with Crippen LogP contribution >= 0.6 is 0 Å². The summed E-state index contributed by atoms with van der Waals surface area (Å²) in [5.41, 5.74) is -1.10. The van der Waals surface area contributed by atoms with E-state index in [1.54, 1.807) is 6.07 Å². The minimum absolute atomic E-state index is 0.0670. The van der Waals surface area contributed by atoms with Crippen LogP contribution in [0, 0.1) is 11.2 Å². The van der Waals surface area contributed by atoms with Gasteiger partial charge >= 0.3 is 5.97 Å². The second-order valence-corrected chi connectivity index (χ2v) is 3.89. The Labute approximate surface area is 86.2 Å². The number of aliphatic carboxylic acids is 1. The zero-order valence-electron chi connectivity index (χ0n) is 7.98. The lowest BCUT2D eigenvalue weighted by Crippen LogP contribution is -2.24. The Morgan fingerprint density at radius 3 is 2.47 bits per heavy atom. The van der Waals surface area contributed by atoms with Gasteiger partial charge in [-0.1, -0.05) is 18.2 Å². The van der Waals surface area contributed by atoms with Crippen LogP contribution in [0.3, 0.4) is 0 Å². The van der Waals surface area contributed by atoms with Crippen molar-refractivity contribution in [1.29, 1.82) is 0 Å². The van der Waals surface area contributed by atoms with E-state index < -0.39 is 23.3 Å². The summed E-state index contributed by atoms with van der Waals surface area (Å²) in [5.74, 6) is -1.62. The number of carboxylic acid groups (broad SMARTS) is 1. The third kappa shape index (κ3) is 1.51. The number of carbonyl (C=O) groups is 1. The molecule has 80 valence electrons. The van der Waals surface area contributed by atoms with Crippen molar-refractivity contribution in [2.45, 2.75) is 18.9 Å². The Hall–Kier alpha value is -1.42. The van der Waals surface area contributed by atoms with Gasteiger partial charge in [-0.2, -0.15) is 0 Å². The summed E-state index contributed by atoms with van der Waals surface area (Å²) in [6.07, 6.45) is -0.452. The third-order valence-corrected chi connectivity index (χ3v) is 2.94. The van der Waals surface area contributed by atoms with Gasteiger partial charge in [-0.25, -0.2) is 4.39 Å². The highest BCUT2D eigenvalue weighted by molar-refractivity contribution is 5.79. The molecule has 1 atom stereocenters. The molecule has 0 spiro atoms. The summed E-state index contributed by atoms with van der Waals surface area (Å²) in [6.45, 7) is 0. The first-order valence-electron chi connectivity index (χ1n) is 4.74. The second kappa shape index (κ2) is 3.31. The molecule has 1 aliphatic carbocycles. The van der Waals surface area contributed by atoms with Crippen LogP contribution in [0.25, 0.3) is 0 Å². The number of aliphatic hydroxyl groups is 1. The smallest absolute Gasteiger partial charge is 0.312 e. The fourth-order valence-corrected chi connectivity index (χ4v) is 1.73. The van der Waals surface area contributed by atoms with Crippen molar-refractivity contribution in [2.75, 3.05) is 0 Å². The maximum atomic E-state index is 13.3. The summed E-state index contributed by atoms with van der Waals surface area (Å²) >= 11 is 0. The van der Waals surface area contributed by atoms with Gasteiger partial charge in [0.15, 0.2) is 0 Å². The van der Waals surface area contributed by atoms with E-state index in [4.69, 9.17) is 5.11 Å². The lowest BCUT2D eigenvalue weighted by Gasteiger charge is -2.18. The Balaban J connectivity index is 2.33. The van der Waals surface area contributed by atoms with Gasteiger partial charge in [0.2, 0.25) is 0 Å². The number of benzene rings is 1. The molecule has 1 aromatic rings. The lowest BCUT2D eigenvalue weighted by atomic mass is 9.92. The SMILES string of the molecule is O=C(O)C1(C(O)c2ccccc2F)CC1. The fraction of sp³-hybridized carbons (Fsp3) is 0.364. The molecule has 1 saturated carbocycles. The molecule has 1 aromatic carbocycles.